The fourth-order valence-corrected chi connectivity index (χ4v) is 4.70. The molecule has 1 aliphatic carbocycles. The fourth-order valence-electron chi connectivity index (χ4n) is 4.70. The van der Waals surface area contributed by atoms with E-state index in [-0.39, 0.29) is 17.9 Å². The molecule has 1 aromatic carbocycles. The molecule has 34 heavy (non-hydrogen) atoms. The largest absolute Gasteiger partial charge is 0.456 e. The molecule has 9 heteroatoms. The number of piperidine rings is 1. The second-order valence-corrected chi connectivity index (χ2v) is 8.59. The van der Waals surface area contributed by atoms with E-state index in [1.807, 2.05) is 30.3 Å². The molecule has 3 heterocycles. The first-order chi connectivity index (χ1) is 16.5. The molecule has 1 fully saturated rings. The number of ether oxygens (including phenoxy) is 1. The van der Waals surface area contributed by atoms with Gasteiger partial charge in [-0.2, -0.15) is 4.91 Å². The summed E-state index contributed by atoms with van der Waals surface area (Å²) in [7, 11) is 0. The van der Waals surface area contributed by atoms with Gasteiger partial charge in [-0.3, -0.25) is 4.98 Å². The lowest BCUT2D eigenvalue weighted by Crippen LogP contribution is -2.43. The van der Waals surface area contributed by atoms with Gasteiger partial charge in [0.2, 0.25) is 5.76 Å². The van der Waals surface area contributed by atoms with E-state index in [4.69, 9.17) is 14.9 Å². The third kappa shape index (κ3) is 4.16. The molecule has 3 aromatic rings. The monoisotopic (exact) mass is 460 g/mol. The van der Waals surface area contributed by atoms with E-state index in [0.717, 1.165) is 34.2 Å². The number of fused-ring (bicyclic) bond motifs is 1. The van der Waals surface area contributed by atoms with Crippen molar-refractivity contribution < 1.29 is 18.7 Å². The Labute approximate surface area is 195 Å². The number of pyridine rings is 1. The van der Waals surface area contributed by atoms with Crippen LogP contribution < -0.4 is 5.73 Å². The maximum atomic E-state index is 12.9. The number of amides is 2. The number of esters is 1. The summed E-state index contributed by atoms with van der Waals surface area (Å²) in [4.78, 5) is 41.0. The van der Waals surface area contributed by atoms with Gasteiger partial charge < -0.3 is 19.8 Å². The molecular weight excluding hydrogens is 436 g/mol. The minimum Gasteiger partial charge on any atom is -0.456 e. The molecule has 0 bridgehead atoms. The number of benzene rings is 1. The summed E-state index contributed by atoms with van der Waals surface area (Å²) in [6.45, 7) is 0.898. The number of primary amides is 1. The smallest absolute Gasteiger partial charge is 0.374 e. The van der Waals surface area contributed by atoms with Crippen LogP contribution in [0.4, 0.5) is 4.79 Å². The van der Waals surface area contributed by atoms with Crippen LogP contribution in [0.15, 0.2) is 58.4 Å². The highest BCUT2D eigenvalue weighted by Crippen LogP contribution is 2.40. The Hall–Kier alpha value is -4.01. The molecule has 2 aliphatic rings. The highest BCUT2D eigenvalue weighted by Gasteiger charge is 2.28. The minimum atomic E-state index is -0.550. The van der Waals surface area contributed by atoms with Crippen LogP contribution >= 0.6 is 0 Å². The summed E-state index contributed by atoms with van der Waals surface area (Å²) in [6, 6.07) is 10.4. The molecule has 2 N–H and O–H groups in total. The number of likely N-dealkylation sites (tertiary alicyclic amines) is 1. The molecule has 9 nitrogen and oxygen atoms in total. The van der Waals surface area contributed by atoms with Gasteiger partial charge in [0, 0.05) is 49.5 Å². The number of nitrogens with zero attached hydrogens (tertiary/aromatic N) is 3. The summed E-state index contributed by atoms with van der Waals surface area (Å²) < 4.78 is 11.7. The molecule has 5 rings (SSSR count). The quantitative estimate of drug-likeness (QED) is 0.442. The highest BCUT2D eigenvalue weighted by atomic mass is 16.6. The van der Waals surface area contributed by atoms with Crippen molar-refractivity contribution in [3.63, 3.8) is 0 Å². The van der Waals surface area contributed by atoms with Crippen molar-refractivity contribution in [1.29, 1.82) is 0 Å². The van der Waals surface area contributed by atoms with Crippen molar-refractivity contribution in [2.24, 2.45) is 10.9 Å². The summed E-state index contributed by atoms with van der Waals surface area (Å²) in [5.74, 6) is 0.101. The Balaban J connectivity index is 1.43. The maximum Gasteiger partial charge on any atom is 0.374 e. The van der Waals surface area contributed by atoms with Crippen LogP contribution in [0.1, 0.15) is 47.0 Å². The summed E-state index contributed by atoms with van der Waals surface area (Å²) in [5, 5.41) is 3.22. The Bertz CT molecular complexity index is 1230. The first-order valence-corrected chi connectivity index (χ1v) is 11.3. The number of furan rings is 1. The van der Waals surface area contributed by atoms with Gasteiger partial charge >= 0.3 is 12.0 Å². The van der Waals surface area contributed by atoms with Crippen LogP contribution in [0.2, 0.25) is 0 Å². The third-order valence-corrected chi connectivity index (χ3v) is 6.53. The van der Waals surface area contributed by atoms with Gasteiger partial charge in [0.15, 0.2) is 0 Å². The zero-order valence-electron chi connectivity index (χ0n) is 18.5. The maximum absolute atomic E-state index is 12.9. The van der Waals surface area contributed by atoms with E-state index in [1.54, 1.807) is 18.5 Å². The van der Waals surface area contributed by atoms with E-state index in [0.29, 0.717) is 38.1 Å². The number of rotatable bonds is 5. The number of nitrogens with two attached hydrogens (primary N) is 1. The van der Waals surface area contributed by atoms with Crippen molar-refractivity contribution in [2.45, 2.75) is 37.8 Å². The molecule has 174 valence electrons. The van der Waals surface area contributed by atoms with Gasteiger partial charge in [-0.15, -0.1) is 0 Å². The zero-order valence-corrected chi connectivity index (χ0v) is 18.5. The average molecular weight is 460 g/mol. The van der Waals surface area contributed by atoms with Gasteiger partial charge in [0.1, 0.15) is 17.9 Å². The summed E-state index contributed by atoms with van der Waals surface area (Å²) in [6.07, 6.45) is 5.56. The first-order valence-electron chi connectivity index (χ1n) is 11.3. The van der Waals surface area contributed by atoms with Gasteiger partial charge in [0.05, 0.1) is 0 Å². The van der Waals surface area contributed by atoms with Crippen molar-refractivity contribution in [3.05, 3.63) is 70.6 Å². The van der Waals surface area contributed by atoms with E-state index >= 15 is 0 Å². The number of hydrogen-bond acceptors (Lipinski definition) is 7. The Morgan fingerprint density at radius 1 is 1.06 bits per heavy atom. The number of hydrogen-bond donors (Lipinski definition) is 1. The van der Waals surface area contributed by atoms with Crippen molar-refractivity contribution in [3.8, 4) is 22.5 Å². The summed E-state index contributed by atoms with van der Waals surface area (Å²) in [5.41, 5.74) is 9.74. The lowest BCUT2D eigenvalue weighted by atomic mass is 9.99. The van der Waals surface area contributed by atoms with Gasteiger partial charge in [-0.05, 0) is 53.8 Å². The molecule has 0 radical (unpaired) electrons. The van der Waals surface area contributed by atoms with E-state index in [2.05, 4.69) is 10.2 Å². The molecular formula is C25H24N4O5. The summed E-state index contributed by atoms with van der Waals surface area (Å²) >= 11 is 0. The minimum absolute atomic E-state index is 0.104. The predicted molar refractivity (Wildman–Crippen MR) is 124 cm³/mol. The number of carbonyl (C=O) groups excluding carboxylic acids is 2. The van der Waals surface area contributed by atoms with E-state index in [1.165, 1.54) is 4.90 Å². The highest BCUT2D eigenvalue weighted by molar-refractivity contribution is 5.92. The van der Waals surface area contributed by atoms with Crippen LogP contribution in [0, 0.1) is 4.91 Å². The topological polar surface area (TPSA) is 128 Å². The standard InChI is InChI=1S/C25H24N4O5/c26-25(31)29-11-7-18(8-12-29)33-24(30)22-14-20(15-5-9-27-10-6-15)23(34-22)17-1-3-19-16(13-17)2-4-21(19)28-32/h1,3,5-6,9-10,13-14,18,21H,2,4,7-8,11-12H2,(H2,26,31). The number of nitroso groups, excluding NO2 is 1. The number of urea groups is 1. The number of aromatic nitrogens is 1. The predicted octanol–water partition coefficient (Wildman–Crippen LogP) is 4.46. The van der Waals surface area contributed by atoms with Gasteiger partial charge in [0.25, 0.3) is 0 Å². The third-order valence-electron chi connectivity index (χ3n) is 6.53. The molecule has 1 atom stereocenters. The normalized spacial score (nSPS) is 17.9. The molecule has 0 spiro atoms. The lowest BCUT2D eigenvalue weighted by molar-refractivity contribution is 0.0125. The molecule has 1 saturated heterocycles. The second kappa shape index (κ2) is 9.09. The molecule has 2 aromatic heterocycles. The van der Waals surface area contributed by atoms with Gasteiger partial charge in [-0.1, -0.05) is 17.3 Å². The first kappa shape index (κ1) is 21.8. The Morgan fingerprint density at radius 3 is 2.53 bits per heavy atom. The van der Waals surface area contributed by atoms with Gasteiger partial charge in [-0.25, -0.2) is 9.59 Å². The Morgan fingerprint density at radius 2 is 1.82 bits per heavy atom. The van der Waals surface area contributed by atoms with E-state index in [9.17, 15) is 14.5 Å². The average Bonchev–Trinajstić information content (AvgIpc) is 3.49. The van der Waals surface area contributed by atoms with Crippen molar-refractivity contribution >= 4 is 12.0 Å². The number of aryl methyl sites for hydroxylation is 1. The molecule has 2 amide bonds. The van der Waals surface area contributed by atoms with Crippen LogP contribution in [0.25, 0.3) is 22.5 Å². The van der Waals surface area contributed by atoms with Crippen molar-refractivity contribution in [2.75, 3.05) is 13.1 Å². The van der Waals surface area contributed by atoms with Crippen LogP contribution in [0.5, 0.6) is 0 Å². The second-order valence-electron chi connectivity index (χ2n) is 8.59. The molecule has 0 saturated carbocycles. The number of carbonyl (C=O) groups is 2. The fraction of sp³-hybridized carbons (Fsp3) is 0.320. The molecule has 1 aliphatic heterocycles. The SMILES string of the molecule is NC(=O)N1CCC(OC(=O)c2cc(-c3ccncc3)c(-c3ccc4c(c3)CCC4N=O)o2)CC1. The zero-order chi connectivity index (χ0) is 23.7. The lowest BCUT2D eigenvalue weighted by Gasteiger charge is -2.30. The van der Waals surface area contributed by atoms with Crippen LogP contribution in [-0.2, 0) is 11.2 Å². The molecule has 1 unspecified atom stereocenters. The Kier molecular flexibility index (Phi) is 5.83. The van der Waals surface area contributed by atoms with Crippen molar-refractivity contribution in [1.82, 2.24) is 9.88 Å². The van der Waals surface area contributed by atoms with E-state index < -0.39 is 12.0 Å². The van der Waals surface area contributed by atoms with Crippen LogP contribution in [-0.4, -0.2) is 41.1 Å². The van der Waals surface area contributed by atoms with Crippen LogP contribution in [0.3, 0.4) is 0 Å².